The molecule has 0 aromatic carbocycles. The monoisotopic (exact) mass is 407 g/mol. The molecule has 0 unspecified atom stereocenters. The van der Waals surface area contributed by atoms with E-state index >= 15 is 0 Å². The zero-order valence-electron chi connectivity index (χ0n) is 17.3. The molecule has 3 aromatic rings. The molecule has 3 aromatic heterocycles. The molecule has 5 rings (SSSR count). The summed E-state index contributed by atoms with van der Waals surface area (Å²) in [6.07, 6.45) is 1.73. The highest BCUT2D eigenvalue weighted by Gasteiger charge is 2.34. The molecular formula is C21H25N7O2. The highest BCUT2D eigenvalue weighted by Crippen LogP contribution is 2.35. The number of aromatic nitrogens is 5. The molecule has 0 spiro atoms. The van der Waals surface area contributed by atoms with Gasteiger partial charge in [-0.1, -0.05) is 6.58 Å². The van der Waals surface area contributed by atoms with Gasteiger partial charge in [0.05, 0.1) is 31.2 Å². The highest BCUT2D eigenvalue weighted by molar-refractivity contribution is 5.86. The first kappa shape index (κ1) is 19.0. The lowest BCUT2D eigenvalue weighted by atomic mass is 10.1. The Morgan fingerprint density at radius 1 is 1.10 bits per heavy atom. The first-order valence-electron chi connectivity index (χ1n) is 10.1. The summed E-state index contributed by atoms with van der Waals surface area (Å²) in [4.78, 5) is 21.4. The molecule has 0 radical (unpaired) electrons. The van der Waals surface area contributed by atoms with Crippen LogP contribution < -0.4 is 10.6 Å². The minimum Gasteiger partial charge on any atom is -0.397 e. The van der Waals surface area contributed by atoms with Crippen LogP contribution in [0.4, 0.5) is 5.82 Å². The number of hydrogen-bond acceptors (Lipinski definition) is 8. The maximum Gasteiger partial charge on any atom is 0.166 e. The predicted molar refractivity (Wildman–Crippen MR) is 114 cm³/mol. The molecule has 0 bridgehead atoms. The van der Waals surface area contributed by atoms with E-state index in [1.54, 1.807) is 6.20 Å². The Morgan fingerprint density at radius 2 is 1.90 bits per heavy atom. The number of imidazole rings is 1. The van der Waals surface area contributed by atoms with Gasteiger partial charge >= 0.3 is 0 Å². The van der Waals surface area contributed by atoms with E-state index in [1.807, 2.05) is 26.0 Å². The van der Waals surface area contributed by atoms with Crippen molar-refractivity contribution in [3.05, 3.63) is 36.4 Å². The number of morpholine rings is 1. The number of hydrogen-bond donors (Lipinski definition) is 1. The minimum atomic E-state index is -0.480. The third kappa shape index (κ3) is 3.10. The van der Waals surface area contributed by atoms with Gasteiger partial charge < -0.3 is 24.7 Å². The molecule has 0 atom stereocenters. The number of nitrogens with zero attached hydrogens (tertiary/aromatic N) is 6. The second kappa shape index (κ2) is 7.03. The Hall–Kier alpha value is -3.04. The molecule has 2 N–H and O–H groups in total. The largest absolute Gasteiger partial charge is 0.397 e. The molecule has 9 heteroatoms. The maximum atomic E-state index is 5.96. The number of pyridine rings is 1. The third-order valence-corrected chi connectivity index (χ3v) is 5.55. The molecule has 1 saturated heterocycles. The number of fused-ring (bicyclic) bond motifs is 3. The van der Waals surface area contributed by atoms with Crippen molar-refractivity contribution in [2.75, 3.05) is 37.8 Å². The van der Waals surface area contributed by atoms with Crippen LogP contribution in [0.1, 0.15) is 25.4 Å². The molecule has 0 aliphatic carbocycles. The molecule has 5 heterocycles. The molecule has 9 nitrogen and oxygen atoms in total. The lowest BCUT2D eigenvalue weighted by Crippen LogP contribution is -2.37. The molecule has 30 heavy (non-hydrogen) atoms. The molecule has 2 aliphatic rings. The van der Waals surface area contributed by atoms with Gasteiger partial charge in [-0.2, -0.15) is 0 Å². The zero-order chi connectivity index (χ0) is 20.9. The van der Waals surface area contributed by atoms with Crippen LogP contribution in [0.25, 0.3) is 28.2 Å². The molecule has 156 valence electrons. The molecule has 2 aliphatic heterocycles. The second-order valence-corrected chi connectivity index (χ2v) is 8.05. The molecule has 0 saturated carbocycles. The van der Waals surface area contributed by atoms with Crippen LogP contribution >= 0.6 is 0 Å². The van der Waals surface area contributed by atoms with Gasteiger partial charge in [-0.3, -0.25) is 4.98 Å². The Kier molecular flexibility index (Phi) is 4.44. The molecule has 0 amide bonds. The average Bonchev–Trinajstić information content (AvgIpc) is 3.14. The summed E-state index contributed by atoms with van der Waals surface area (Å²) in [5.41, 5.74) is 8.79. The lowest BCUT2D eigenvalue weighted by Gasteiger charge is -2.30. The summed E-state index contributed by atoms with van der Waals surface area (Å²) in [6, 6.07) is 3.76. The van der Waals surface area contributed by atoms with Gasteiger partial charge in [-0.15, -0.1) is 0 Å². The maximum absolute atomic E-state index is 5.96. The van der Waals surface area contributed by atoms with Gasteiger partial charge in [0.1, 0.15) is 11.4 Å². The first-order valence-corrected chi connectivity index (χ1v) is 10.1. The summed E-state index contributed by atoms with van der Waals surface area (Å²) < 4.78 is 13.6. The van der Waals surface area contributed by atoms with Gasteiger partial charge in [0.25, 0.3) is 0 Å². The van der Waals surface area contributed by atoms with Crippen molar-refractivity contribution >= 4 is 22.7 Å². The molecule has 1 fully saturated rings. The summed E-state index contributed by atoms with van der Waals surface area (Å²) in [6.45, 7) is 12.0. The van der Waals surface area contributed by atoms with E-state index in [4.69, 9.17) is 30.2 Å². The van der Waals surface area contributed by atoms with Crippen molar-refractivity contribution in [3.63, 3.8) is 0 Å². The first-order chi connectivity index (χ1) is 14.4. The van der Waals surface area contributed by atoms with Crippen LogP contribution in [0.5, 0.6) is 0 Å². The van der Waals surface area contributed by atoms with E-state index in [0.717, 1.165) is 41.5 Å². The lowest BCUT2D eigenvalue weighted by molar-refractivity contribution is -0.0530. The fourth-order valence-electron chi connectivity index (χ4n) is 3.96. The zero-order valence-corrected chi connectivity index (χ0v) is 17.3. The second-order valence-electron chi connectivity index (χ2n) is 8.05. The van der Waals surface area contributed by atoms with Crippen molar-refractivity contribution in [3.8, 4) is 11.4 Å². The van der Waals surface area contributed by atoms with E-state index in [2.05, 4.69) is 21.0 Å². The van der Waals surface area contributed by atoms with Crippen molar-refractivity contribution in [2.45, 2.75) is 26.0 Å². The average molecular weight is 407 g/mol. The van der Waals surface area contributed by atoms with E-state index in [0.29, 0.717) is 43.6 Å². The SMILES string of the molecule is C=C(N)c1ccc(-c2nc(N3CCOCC3)c3nc4n(c3n2)CCOC4(C)C)cn1. The normalized spacial score (nSPS) is 18.4. The van der Waals surface area contributed by atoms with Gasteiger partial charge in [-0.25, -0.2) is 15.0 Å². The van der Waals surface area contributed by atoms with E-state index < -0.39 is 5.60 Å². The van der Waals surface area contributed by atoms with Crippen LogP contribution in [0, 0.1) is 0 Å². The summed E-state index contributed by atoms with van der Waals surface area (Å²) >= 11 is 0. The smallest absolute Gasteiger partial charge is 0.166 e. The van der Waals surface area contributed by atoms with Crippen LogP contribution in [-0.4, -0.2) is 57.4 Å². The number of nitrogens with two attached hydrogens (primary N) is 1. The van der Waals surface area contributed by atoms with Crippen LogP contribution in [0.15, 0.2) is 24.9 Å². The van der Waals surface area contributed by atoms with Gasteiger partial charge in [0, 0.05) is 31.4 Å². The van der Waals surface area contributed by atoms with Crippen LogP contribution in [-0.2, 0) is 21.6 Å². The number of ether oxygens (including phenoxy) is 2. The van der Waals surface area contributed by atoms with Gasteiger partial charge in [0.15, 0.2) is 22.8 Å². The summed E-state index contributed by atoms with van der Waals surface area (Å²) in [5, 5.41) is 0. The van der Waals surface area contributed by atoms with Crippen LogP contribution in [0.2, 0.25) is 0 Å². The Morgan fingerprint density at radius 3 is 2.60 bits per heavy atom. The van der Waals surface area contributed by atoms with Crippen molar-refractivity contribution in [1.29, 1.82) is 0 Å². The fourth-order valence-corrected chi connectivity index (χ4v) is 3.96. The predicted octanol–water partition coefficient (Wildman–Crippen LogP) is 1.92. The number of anilines is 1. The van der Waals surface area contributed by atoms with E-state index in [1.165, 1.54) is 0 Å². The third-order valence-electron chi connectivity index (χ3n) is 5.55. The fraction of sp³-hybridized carbons (Fsp3) is 0.429. The standard InChI is InChI=1S/C21H25N7O2/c1-13(22)15-5-4-14(12-23-15)17-25-18(27-6-9-29-10-7-27)16-19(26-17)28-8-11-30-21(2,3)20(28)24-16/h4-5,12H,1,6-11,22H2,2-3H3. The quantitative estimate of drug-likeness (QED) is 0.702. The Balaban J connectivity index is 1.71. The summed E-state index contributed by atoms with van der Waals surface area (Å²) in [7, 11) is 0. The topological polar surface area (TPSA) is 104 Å². The van der Waals surface area contributed by atoms with Gasteiger partial charge in [0.2, 0.25) is 0 Å². The Bertz CT molecular complexity index is 1110. The molecular weight excluding hydrogens is 382 g/mol. The Labute approximate surface area is 174 Å². The minimum absolute atomic E-state index is 0.430. The van der Waals surface area contributed by atoms with Crippen LogP contribution in [0.3, 0.4) is 0 Å². The van der Waals surface area contributed by atoms with E-state index in [9.17, 15) is 0 Å². The number of rotatable bonds is 3. The van der Waals surface area contributed by atoms with Gasteiger partial charge in [-0.05, 0) is 26.0 Å². The summed E-state index contributed by atoms with van der Waals surface area (Å²) in [5.74, 6) is 2.30. The van der Waals surface area contributed by atoms with Crippen molar-refractivity contribution in [2.24, 2.45) is 5.73 Å². The van der Waals surface area contributed by atoms with E-state index in [-0.39, 0.29) is 0 Å². The van der Waals surface area contributed by atoms with Crippen molar-refractivity contribution in [1.82, 2.24) is 24.5 Å². The highest BCUT2D eigenvalue weighted by atomic mass is 16.5. The van der Waals surface area contributed by atoms with Crippen molar-refractivity contribution < 1.29 is 9.47 Å².